The highest BCUT2D eigenvalue weighted by molar-refractivity contribution is 7.12. The highest BCUT2D eigenvalue weighted by atomic mass is 32.1. The predicted molar refractivity (Wildman–Crippen MR) is 125 cm³/mol. The Morgan fingerprint density at radius 1 is 1.16 bits per heavy atom. The molecule has 0 atom stereocenters. The molecule has 6 nitrogen and oxygen atoms in total. The molecule has 1 N–H and O–H groups in total. The Morgan fingerprint density at radius 2 is 2.00 bits per heavy atom. The Bertz CT molecular complexity index is 1390. The summed E-state index contributed by atoms with van der Waals surface area (Å²) in [5.41, 5.74) is 3.76. The Morgan fingerprint density at radius 3 is 2.78 bits per heavy atom. The number of aromatic nitrogens is 1. The fourth-order valence-electron chi connectivity index (χ4n) is 3.22. The first kappa shape index (κ1) is 20.3. The topological polar surface area (TPSA) is 68.0 Å². The zero-order chi connectivity index (χ0) is 22.1. The Labute approximate surface area is 191 Å². The predicted octanol–water partition coefficient (Wildman–Crippen LogP) is 5.25. The number of thiophene rings is 1. The van der Waals surface area contributed by atoms with Crippen molar-refractivity contribution in [1.82, 2.24) is 4.68 Å². The average molecular weight is 465 g/mol. The number of nitrogens with zero attached hydrogens (tertiary/aromatic N) is 3. The van der Waals surface area contributed by atoms with Crippen molar-refractivity contribution in [1.29, 1.82) is 0 Å². The van der Waals surface area contributed by atoms with Crippen LogP contribution in [0.3, 0.4) is 0 Å². The highest BCUT2D eigenvalue weighted by Gasteiger charge is 2.18. The molecule has 0 radical (unpaired) electrons. The third kappa shape index (κ3) is 4.12. The molecule has 0 fully saturated rings. The van der Waals surface area contributed by atoms with E-state index in [2.05, 4.69) is 10.3 Å². The summed E-state index contributed by atoms with van der Waals surface area (Å²) in [6, 6.07) is 15.6. The molecule has 5 rings (SSSR count). The molecule has 1 aliphatic rings. The van der Waals surface area contributed by atoms with Gasteiger partial charge in [-0.1, -0.05) is 6.07 Å². The van der Waals surface area contributed by atoms with E-state index in [1.165, 1.54) is 23.5 Å². The maximum absolute atomic E-state index is 13.3. The summed E-state index contributed by atoms with van der Waals surface area (Å²) in [4.78, 5) is 18.1. The van der Waals surface area contributed by atoms with E-state index in [1.54, 1.807) is 28.1 Å². The zero-order valence-corrected chi connectivity index (χ0v) is 18.5. The van der Waals surface area contributed by atoms with Crippen molar-refractivity contribution in [2.45, 2.75) is 6.92 Å². The van der Waals surface area contributed by atoms with E-state index in [9.17, 15) is 9.18 Å². The molecule has 0 saturated carbocycles. The van der Waals surface area contributed by atoms with Gasteiger partial charge in [-0.15, -0.1) is 22.7 Å². The van der Waals surface area contributed by atoms with Crippen LogP contribution in [0.4, 0.5) is 15.8 Å². The van der Waals surface area contributed by atoms with Crippen LogP contribution in [0, 0.1) is 5.82 Å². The SMILES string of the molecule is CC(=Nn1c(-c2ccc3c(c2)NC(=O)CO3)csc1=Nc1ccc(F)cc1)c1cccs1. The van der Waals surface area contributed by atoms with Gasteiger partial charge in [-0.2, -0.15) is 5.10 Å². The molecule has 0 bridgehead atoms. The summed E-state index contributed by atoms with van der Waals surface area (Å²) in [5, 5.41) is 11.7. The number of ether oxygens (including phenoxy) is 1. The minimum absolute atomic E-state index is 0.00972. The number of carbonyl (C=O) groups excluding carboxylic acids is 1. The molecular weight excluding hydrogens is 447 g/mol. The molecule has 4 aromatic rings. The van der Waals surface area contributed by atoms with E-state index in [4.69, 9.17) is 9.84 Å². The molecule has 9 heteroatoms. The number of amides is 1. The van der Waals surface area contributed by atoms with Crippen LogP contribution >= 0.6 is 22.7 Å². The van der Waals surface area contributed by atoms with Crippen molar-refractivity contribution >= 4 is 45.7 Å². The number of anilines is 1. The quantitative estimate of drug-likeness (QED) is 0.419. The minimum atomic E-state index is -0.311. The maximum Gasteiger partial charge on any atom is 0.262 e. The van der Waals surface area contributed by atoms with Crippen LogP contribution in [0.2, 0.25) is 0 Å². The fraction of sp³-hybridized carbons (Fsp3) is 0.0870. The molecule has 1 amide bonds. The normalized spacial score (nSPS) is 14.1. The zero-order valence-electron chi connectivity index (χ0n) is 16.9. The van der Waals surface area contributed by atoms with Gasteiger partial charge in [0.05, 0.1) is 27.7 Å². The second-order valence-corrected chi connectivity index (χ2v) is 8.80. The van der Waals surface area contributed by atoms with E-state index in [0.29, 0.717) is 21.9 Å². The van der Waals surface area contributed by atoms with Gasteiger partial charge in [-0.25, -0.2) is 14.1 Å². The van der Waals surface area contributed by atoms with Gasteiger partial charge < -0.3 is 10.1 Å². The minimum Gasteiger partial charge on any atom is -0.482 e. The standard InChI is InChI=1S/C23H17FN4O2S2/c1-14(21-3-2-10-31-21)27-28-19(13-32-23(28)25-17-7-5-16(24)6-8-17)15-4-9-20-18(11-15)26-22(29)12-30-20/h2-11,13H,12H2,1H3,(H,26,29). The summed E-state index contributed by atoms with van der Waals surface area (Å²) in [7, 11) is 0. The summed E-state index contributed by atoms with van der Waals surface area (Å²) in [5.74, 6) is 0.129. The summed E-state index contributed by atoms with van der Waals surface area (Å²) >= 11 is 3.04. The lowest BCUT2D eigenvalue weighted by atomic mass is 10.1. The van der Waals surface area contributed by atoms with Crippen LogP contribution in [0.25, 0.3) is 11.3 Å². The van der Waals surface area contributed by atoms with Gasteiger partial charge in [0.15, 0.2) is 6.61 Å². The third-order valence-corrected chi connectivity index (χ3v) is 6.57. The third-order valence-electron chi connectivity index (χ3n) is 4.77. The Balaban J connectivity index is 1.66. The van der Waals surface area contributed by atoms with Crippen LogP contribution < -0.4 is 14.9 Å². The van der Waals surface area contributed by atoms with Crippen LogP contribution in [-0.4, -0.2) is 22.9 Å². The molecule has 32 heavy (non-hydrogen) atoms. The number of carbonyl (C=O) groups is 1. The molecule has 1 aliphatic heterocycles. The van der Waals surface area contributed by atoms with Crippen molar-refractivity contribution in [2.24, 2.45) is 10.1 Å². The van der Waals surface area contributed by atoms with Crippen LogP contribution in [0.1, 0.15) is 11.8 Å². The number of hydrogen-bond donors (Lipinski definition) is 1. The van der Waals surface area contributed by atoms with E-state index in [0.717, 1.165) is 21.8 Å². The molecule has 0 unspecified atom stereocenters. The van der Waals surface area contributed by atoms with Gasteiger partial charge in [-0.3, -0.25) is 4.79 Å². The lowest BCUT2D eigenvalue weighted by Gasteiger charge is -2.18. The summed E-state index contributed by atoms with van der Waals surface area (Å²) in [6.45, 7) is 1.96. The molecule has 2 aromatic heterocycles. The first-order chi connectivity index (χ1) is 15.6. The first-order valence-electron chi connectivity index (χ1n) is 9.74. The number of fused-ring (bicyclic) bond motifs is 1. The Kier molecular flexibility index (Phi) is 5.42. The van der Waals surface area contributed by atoms with Gasteiger partial charge in [0.1, 0.15) is 11.6 Å². The van der Waals surface area contributed by atoms with Gasteiger partial charge in [-0.05, 0) is 60.8 Å². The Hall–Kier alpha value is -3.56. The highest BCUT2D eigenvalue weighted by Crippen LogP contribution is 2.33. The fourth-order valence-corrected chi connectivity index (χ4v) is 4.75. The van der Waals surface area contributed by atoms with E-state index in [1.807, 2.05) is 48.0 Å². The summed E-state index contributed by atoms with van der Waals surface area (Å²) < 4.78 is 20.6. The molecule has 2 aromatic carbocycles. The number of nitrogens with one attached hydrogen (secondary N) is 1. The second-order valence-electron chi connectivity index (χ2n) is 7.01. The van der Waals surface area contributed by atoms with Crippen LogP contribution in [0.5, 0.6) is 5.75 Å². The van der Waals surface area contributed by atoms with Gasteiger partial charge in [0.2, 0.25) is 4.80 Å². The molecule has 0 aliphatic carbocycles. The number of thiazole rings is 1. The van der Waals surface area contributed by atoms with Crippen molar-refractivity contribution < 1.29 is 13.9 Å². The molecule has 3 heterocycles. The van der Waals surface area contributed by atoms with Crippen molar-refractivity contribution in [3.05, 3.63) is 80.9 Å². The van der Waals surface area contributed by atoms with Gasteiger partial charge in [0.25, 0.3) is 5.91 Å². The van der Waals surface area contributed by atoms with Crippen molar-refractivity contribution in [2.75, 3.05) is 11.9 Å². The largest absolute Gasteiger partial charge is 0.482 e. The summed E-state index contributed by atoms with van der Waals surface area (Å²) in [6.07, 6.45) is 0. The molecular formula is C23H17FN4O2S2. The van der Waals surface area contributed by atoms with E-state index >= 15 is 0 Å². The average Bonchev–Trinajstić information content (AvgIpc) is 3.46. The number of hydrogen-bond acceptors (Lipinski definition) is 6. The number of benzene rings is 2. The van der Waals surface area contributed by atoms with Gasteiger partial charge >= 0.3 is 0 Å². The smallest absolute Gasteiger partial charge is 0.262 e. The first-order valence-corrected chi connectivity index (χ1v) is 11.5. The second kappa shape index (κ2) is 8.52. The van der Waals surface area contributed by atoms with E-state index in [-0.39, 0.29) is 18.3 Å². The molecule has 0 saturated heterocycles. The molecule has 160 valence electrons. The number of rotatable bonds is 4. The number of halogens is 1. The lowest BCUT2D eigenvalue weighted by Crippen LogP contribution is -2.25. The van der Waals surface area contributed by atoms with Crippen molar-refractivity contribution in [3.8, 4) is 17.0 Å². The van der Waals surface area contributed by atoms with Crippen LogP contribution in [-0.2, 0) is 4.79 Å². The lowest BCUT2D eigenvalue weighted by molar-refractivity contribution is -0.118. The van der Waals surface area contributed by atoms with Crippen LogP contribution in [0.15, 0.2) is 75.5 Å². The van der Waals surface area contributed by atoms with Gasteiger partial charge in [0, 0.05) is 10.9 Å². The van der Waals surface area contributed by atoms with Crippen molar-refractivity contribution in [3.63, 3.8) is 0 Å². The maximum atomic E-state index is 13.3. The van der Waals surface area contributed by atoms with E-state index < -0.39 is 0 Å². The monoisotopic (exact) mass is 464 g/mol. The molecule has 0 spiro atoms.